The van der Waals surface area contributed by atoms with Crippen LogP contribution in [0.4, 0.5) is 0 Å². The number of hydrogen-bond donors (Lipinski definition) is 1. The van der Waals surface area contributed by atoms with Crippen LogP contribution in [-0.4, -0.2) is 29.7 Å². The minimum Gasteiger partial charge on any atom is -0.497 e. The van der Waals surface area contributed by atoms with Gasteiger partial charge >= 0.3 is 11.8 Å². The maximum atomic E-state index is 12.6. The first-order valence-corrected chi connectivity index (χ1v) is 9.89. The molecule has 2 aromatic rings. The molecule has 1 aromatic heterocycles. The lowest BCUT2D eigenvalue weighted by molar-refractivity contribution is -0.0504. The zero-order chi connectivity index (χ0) is 18.4. The van der Waals surface area contributed by atoms with Gasteiger partial charge < -0.3 is 14.6 Å². The number of hydrogen-bond acceptors (Lipinski definition) is 5. The van der Waals surface area contributed by atoms with E-state index in [9.17, 15) is 4.79 Å². The van der Waals surface area contributed by atoms with E-state index in [2.05, 4.69) is 15.5 Å². The van der Waals surface area contributed by atoms with Crippen molar-refractivity contribution in [1.82, 2.24) is 15.5 Å². The molecule has 4 fully saturated rings. The fraction of sp³-hybridized carbons (Fsp3) is 0.571. The molecule has 1 aromatic carbocycles. The number of benzene rings is 1. The van der Waals surface area contributed by atoms with Crippen molar-refractivity contribution in [2.45, 2.75) is 38.5 Å². The Morgan fingerprint density at radius 1 is 1.22 bits per heavy atom. The number of nitrogens with one attached hydrogen (secondary N) is 1. The summed E-state index contributed by atoms with van der Waals surface area (Å²) in [5.74, 6) is 3.48. The molecule has 1 heterocycles. The van der Waals surface area contributed by atoms with Gasteiger partial charge in [0.2, 0.25) is 5.82 Å². The highest BCUT2D eigenvalue weighted by Gasteiger charge is 2.50. The number of carbonyl (C=O) groups excluding carboxylic acids is 1. The summed E-state index contributed by atoms with van der Waals surface area (Å²) in [7, 11) is 1.61. The molecule has 0 unspecified atom stereocenters. The number of amides is 1. The maximum absolute atomic E-state index is 12.6. The normalized spacial score (nSPS) is 31.1. The Bertz CT molecular complexity index is 825. The zero-order valence-electron chi connectivity index (χ0n) is 15.6. The molecule has 4 saturated carbocycles. The van der Waals surface area contributed by atoms with Gasteiger partial charge in [0.15, 0.2) is 0 Å². The third-order valence-corrected chi connectivity index (χ3v) is 6.74. The second kappa shape index (κ2) is 6.36. The van der Waals surface area contributed by atoms with Crippen molar-refractivity contribution in [3.63, 3.8) is 0 Å². The summed E-state index contributed by atoms with van der Waals surface area (Å²) >= 11 is 0. The van der Waals surface area contributed by atoms with Gasteiger partial charge in [0.1, 0.15) is 5.75 Å². The van der Waals surface area contributed by atoms with Crippen molar-refractivity contribution < 1.29 is 14.1 Å². The second-order valence-corrected chi connectivity index (χ2v) is 8.76. The van der Waals surface area contributed by atoms with Crippen LogP contribution in [0, 0.1) is 23.2 Å². The Hall–Kier alpha value is -2.37. The van der Waals surface area contributed by atoms with Gasteiger partial charge in [-0.3, -0.25) is 4.79 Å². The SMILES string of the molecule is COc1cccc(-c2noc(C(=O)NCC34CC5CC(CC(C5)C3)C4)n2)c1. The van der Waals surface area contributed by atoms with E-state index in [-0.39, 0.29) is 11.8 Å². The van der Waals surface area contributed by atoms with Crippen molar-refractivity contribution >= 4 is 5.91 Å². The van der Waals surface area contributed by atoms with Gasteiger partial charge in [-0.2, -0.15) is 4.98 Å². The molecule has 0 saturated heterocycles. The maximum Gasteiger partial charge on any atom is 0.316 e. The molecule has 27 heavy (non-hydrogen) atoms. The Kier molecular flexibility index (Phi) is 3.95. The number of ether oxygens (including phenoxy) is 1. The molecule has 0 atom stereocenters. The largest absolute Gasteiger partial charge is 0.497 e. The number of nitrogens with zero attached hydrogens (tertiary/aromatic N) is 2. The molecule has 1 N–H and O–H groups in total. The lowest BCUT2D eigenvalue weighted by atomic mass is 9.49. The fourth-order valence-corrected chi connectivity index (χ4v) is 6.05. The summed E-state index contributed by atoms with van der Waals surface area (Å²) in [5, 5.41) is 7.04. The third kappa shape index (κ3) is 3.11. The van der Waals surface area contributed by atoms with E-state index in [4.69, 9.17) is 9.26 Å². The van der Waals surface area contributed by atoms with Crippen LogP contribution in [0.1, 0.15) is 49.2 Å². The Balaban J connectivity index is 1.26. The van der Waals surface area contributed by atoms with Crippen LogP contribution in [0.3, 0.4) is 0 Å². The summed E-state index contributed by atoms with van der Waals surface area (Å²) in [6, 6.07) is 7.40. The van der Waals surface area contributed by atoms with E-state index in [1.807, 2.05) is 24.3 Å². The van der Waals surface area contributed by atoms with Crippen LogP contribution < -0.4 is 10.1 Å². The minimum absolute atomic E-state index is 0.0255. The average molecular weight is 367 g/mol. The van der Waals surface area contributed by atoms with E-state index >= 15 is 0 Å². The summed E-state index contributed by atoms with van der Waals surface area (Å²) in [5.41, 5.74) is 1.05. The molecule has 0 spiro atoms. The number of carbonyl (C=O) groups is 1. The van der Waals surface area contributed by atoms with Crippen LogP contribution in [0.2, 0.25) is 0 Å². The van der Waals surface area contributed by atoms with Gasteiger partial charge in [-0.15, -0.1) is 0 Å². The van der Waals surface area contributed by atoms with E-state index in [1.54, 1.807) is 7.11 Å². The van der Waals surface area contributed by atoms with E-state index in [0.29, 0.717) is 17.0 Å². The highest BCUT2D eigenvalue weighted by molar-refractivity contribution is 5.89. The molecular weight excluding hydrogens is 342 g/mol. The van der Waals surface area contributed by atoms with Gasteiger partial charge in [-0.05, 0) is 73.8 Å². The third-order valence-electron chi connectivity index (χ3n) is 6.74. The van der Waals surface area contributed by atoms with Crippen molar-refractivity contribution in [3.8, 4) is 17.1 Å². The molecule has 4 aliphatic carbocycles. The number of rotatable bonds is 5. The summed E-state index contributed by atoms with van der Waals surface area (Å²) in [6.07, 6.45) is 8.00. The highest BCUT2D eigenvalue weighted by atomic mass is 16.5. The Morgan fingerprint density at radius 2 is 1.93 bits per heavy atom. The average Bonchev–Trinajstić information content (AvgIpc) is 3.15. The van der Waals surface area contributed by atoms with Crippen LogP contribution in [0.25, 0.3) is 11.4 Å². The van der Waals surface area contributed by atoms with Crippen LogP contribution in [-0.2, 0) is 0 Å². The van der Waals surface area contributed by atoms with Crippen molar-refractivity contribution in [2.75, 3.05) is 13.7 Å². The molecule has 4 aliphatic rings. The van der Waals surface area contributed by atoms with Gasteiger partial charge in [0.05, 0.1) is 7.11 Å². The quantitative estimate of drug-likeness (QED) is 0.872. The van der Waals surface area contributed by atoms with E-state index < -0.39 is 0 Å². The van der Waals surface area contributed by atoms with Gasteiger partial charge in [-0.1, -0.05) is 17.3 Å². The predicted octanol–water partition coefficient (Wildman–Crippen LogP) is 3.69. The van der Waals surface area contributed by atoms with Crippen LogP contribution in [0.5, 0.6) is 5.75 Å². The first-order chi connectivity index (χ1) is 13.1. The summed E-state index contributed by atoms with van der Waals surface area (Å²) < 4.78 is 10.4. The standard InChI is InChI=1S/C21H25N3O3/c1-26-17-4-2-3-16(8-17)18-23-20(27-24-18)19(25)22-12-21-9-13-5-14(10-21)7-15(6-13)11-21/h2-4,8,13-15H,5-7,9-12H2,1H3,(H,22,25). The van der Waals surface area contributed by atoms with Crippen LogP contribution in [0.15, 0.2) is 28.8 Å². The smallest absolute Gasteiger partial charge is 0.316 e. The molecule has 142 valence electrons. The first kappa shape index (κ1) is 16.8. The van der Waals surface area contributed by atoms with Crippen molar-refractivity contribution in [2.24, 2.45) is 23.2 Å². The Labute approximate surface area is 158 Å². The predicted molar refractivity (Wildman–Crippen MR) is 99.2 cm³/mol. The zero-order valence-corrected chi connectivity index (χ0v) is 15.6. The minimum atomic E-state index is -0.271. The molecule has 1 amide bonds. The van der Waals surface area contributed by atoms with E-state index in [1.165, 1.54) is 38.5 Å². The molecule has 0 aliphatic heterocycles. The summed E-state index contributed by atoms with van der Waals surface area (Å²) in [6.45, 7) is 0.728. The van der Waals surface area contributed by atoms with Gasteiger partial charge in [0, 0.05) is 12.1 Å². The highest BCUT2D eigenvalue weighted by Crippen LogP contribution is 2.59. The summed E-state index contributed by atoms with van der Waals surface area (Å²) in [4.78, 5) is 16.8. The molecule has 6 heteroatoms. The van der Waals surface area contributed by atoms with Crippen molar-refractivity contribution in [1.29, 1.82) is 0 Å². The molecule has 0 radical (unpaired) electrons. The number of methoxy groups -OCH3 is 1. The topological polar surface area (TPSA) is 77.2 Å². The van der Waals surface area contributed by atoms with Gasteiger partial charge in [0.25, 0.3) is 0 Å². The molecule has 6 rings (SSSR count). The number of aromatic nitrogens is 2. The van der Waals surface area contributed by atoms with Gasteiger partial charge in [-0.25, -0.2) is 0 Å². The lowest BCUT2D eigenvalue weighted by Gasteiger charge is -2.56. The first-order valence-electron chi connectivity index (χ1n) is 9.89. The Morgan fingerprint density at radius 3 is 2.59 bits per heavy atom. The van der Waals surface area contributed by atoms with Crippen LogP contribution >= 0.6 is 0 Å². The molecule has 4 bridgehead atoms. The molecule has 6 nitrogen and oxygen atoms in total. The van der Waals surface area contributed by atoms with Crippen molar-refractivity contribution in [3.05, 3.63) is 30.2 Å². The monoisotopic (exact) mass is 367 g/mol. The lowest BCUT2D eigenvalue weighted by Crippen LogP contribution is -2.51. The fourth-order valence-electron chi connectivity index (χ4n) is 6.05. The molecular formula is C21H25N3O3. The second-order valence-electron chi connectivity index (χ2n) is 8.76. The van der Waals surface area contributed by atoms with E-state index in [0.717, 1.165) is 29.9 Å².